The molecule has 0 aliphatic rings. The Morgan fingerprint density at radius 1 is 0.720 bits per heavy atom. The van der Waals surface area contributed by atoms with Crippen LogP contribution in [0, 0.1) is 6.92 Å². The van der Waals surface area contributed by atoms with Crippen LogP contribution in [0.3, 0.4) is 0 Å². The van der Waals surface area contributed by atoms with Crippen LogP contribution < -0.4 is 5.32 Å². The number of anilines is 1. The van der Waals surface area contributed by atoms with Crippen molar-refractivity contribution in [2.75, 3.05) is 5.32 Å². The van der Waals surface area contributed by atoms with Crippen LogP contribution in [0.4, 0.5) is 5.69 Å². The molecule has 4 heteroatoms. The summed E-state index contributed by atoms with van der Waals surface area (Å²) in [6.45, 7) is 1.97. The predicted molar refractivity (Wildman–Crippen MR) is 100 cm³/mol. The second-order valence-electron chi connectivity index (χ2n) is 5.73. The topological polar surface area (TPSA) is 46.2 Å². The summed E-state index contributed by atoms with van der Waals surface area (Å²) in [7, 11) is 0. The van der Waals surface area contributed by atoms with Crippen molar-refractivity contribution in [2.45, 2.75) is 6.92 Å². The molecule has 0 aromatic heterocycles. The van der Waals surface area contributed by atoms with Crippen LogP contribution in [0.25, 0.3) is 0 Å². The highest BCUT2D eigenvalue weighted by atomic mass is 35.5. The number of benzene rings is 3. The van der Waals surface area contributed by atoms with Gasteiger partial charge in [0.15, 0.2) is 5.78 Å². The minimum absolute atomic E-state index is 0.0897. The van der Waals surface area contributed by atoms with Gasteiger partial charge in [-0.3, -0.25) is 9.59 Å². The zero-order valence-corrected chi connectivity index (χ0v) is 14.4. The van der Waals surface area contributed by atoms with Crippen LogP contribution >= 0.6 is 11.6 Å². The molecule has 0 fully saturated rings. The molecule has 0 spiro atoms. The summed E-state index contributed by atoms with van der Waals surface area (Å²) in [5, 5.41) is 3.41. The molecule has 3 aromatic carbocycles. The summed E-state index contributed by atoms with van der Waals surface area (Å²) in [4.78, 5) is 24.6. The number of ketones is 1. The van der Waals surface area contributed by atoms with Crippen molar-refractivity contribution in [1.82, 2.24) is 0 Å². The van der Waals surface area contributed by atoms with Crippen molar-refractivity contribution in [3.8, 4) is 0 Å². The first kappa shape index (κ1) is 16.9. The fourth-order valence-electron chi connectivity index (χ4n) is 2.38. The van der Waals surface area contributed by atoms with Crippen molar-refractivity contribution in [3.05, 3.63) is 100 Å². The van der Waals surface area contributed by atoms with Crippen molar-refractivity contribution < 1.29 is 9.59 Å². The normalized spacial score (nSPS) is 10.3. The number of amides is 1. The number of rotatable bonds is 4. The van der Waals surface area contributed by atoms with E-state index in [0.29, 0.717) is 27.4 Å². The molecule has 0 saturated heterocycles. The number of nitrogens with one attached hydrogen (secondary N) is 1. The standard InChI is InChI=1S/C21H16ClNO2/c1-14-2-4-17(5-3-14)21(25)23-19-12-8-16(9-13-19)20(24)15-6-10-18(22)11-7-15/h2-13H,1H3,(H,23,25). The van der Waals surface area contributed by atoms with Crippen molar-refractivity contribution >= 4 is 29.0 Å². The molecule has 0 unspecified atom stereocenters. The summed E-state index contributed by atoms with van der Waals surface area (Å²) < 4.78 is 0. The third-order valence-corrected chi connectivity index (χ3v) is 4.08. The number of halogens is 1. The number of carbonyl (C=O) groups excluding carboxylic acids is 2. The fraction of sp³-hybridized carbons (Fsp3) is 0.0476. The minimum Gasteiger partial charge on any atom is -0.322 e. The lowest BCUT2D eigenvalue weighted by Crippen LogP contribution is -2.12. The summed E-state index contributed by atoms with van der Waals surface area (Å²) in [5.74, 6) is -0.273. The van der Waals surface area contributed by atoms with Gasteiger partial charge in [0.25, 0.3) is 5.91 Å². The molecule has 0 atom stereocenters. The SMILES string of the molecule is Cc1ccc(C(=O)Nc2ccc(C(=O)c3ccc(Cl)cc3)cc2)cc1. The lowest BCUT2D eigenvalue weighted by atomic mass is 10.0. The lowest BCUT2D eigenvalue weighted by molar-refractivity contribution is 0.102. The Hall–Kier alpha value is -2.91. The van der Waals surface area contributed by atoms with Crippen LogP contribution in [-0.4, -0.2) is 11.7 Å². The van der Waals surface area contributed by atoms with Gasteiger partial charge >= 0.3 is 0 Å². The van der Waals surface area contributed by atoms with E-state index >= 15 is 0 Å². The van der Waals surface area contributed by atoms with E-state index in [-0.39, 0.29) is 11.7 Å². The van der Waals surface area contributed by atoms with Gasteiger partial charge in [-0.1, -0.05) is 29.3 Å². The molecule has 0 aliphatic carbocycles. The number of carbonyl (C=O) groups is 2. The molecule has 3 nitrogen and oxygen atoms in total. The van der Waals surface area contributed by atoms with Gasteiger partial charge in [-0.25, -0.2) is 0 Å². The molecule has 0 aliphatic heterocycles. The average molecular weight is 350 g/mol. The predicted octanol–water partition coefficient (Wildman–Crippen LogP) is 5.13. The summed E-state index contributed by atoms with van der Waals surface area (Å²) in [6, 6.07) is 20.9. The first-order valence-electron chi connectivity index (χ1n) is 7.81. The van der Waals surface area contributed by atoms with Crippen LogP contribution in [0.1, 0.15) is 31.8 Å². The van der Waals surface area contributed by atoms with E-state index in [9.17, 15) is 9.59 Å². The molecule has 25 heavy (non-hydrogen) atoms. The van der Waals surface area contributed by atoms with Crippen LogP contribution in [0.15, 0.2) is 72.8 Å². The van der Waals surface area contributed by atoms with Crippen molar-refractivity contribution in [1.29, 1.82) is 0 Å². The Morgan fingerprint density at radius 2 is 1.20 bits per heavy atom. The lowest BCUT2D eigenvalue weighted by Gasteiger charge is -2.07. The molecule has 3 rings (SSSR count). The van der Waals surface area contributed by atoms with Crippen LogP contribution in [-0.2, 0) is 0 Å². The molecule has 0 radical (unpaired) electrons. The third kappa shape index (κ3) is 4.14. The second-order valence-corrected chi connectivity index (χ2v) is 6.17. The average Bonchev–Trinajstić information content (AvgIpc) is 2.63. The Balaban J connectivity index is 1.71. The molecule has 1 amide bonds. The summed E-state index contributed by atoms with van der Waals surface area (Å²) in [5.41, 5.74) is 3.45. The molecule has 0 saturated carbocycles. The van der Waals surface area contributed by atoms with Gasteiger partial charge in [-0.15, -0.1) is 0 Å². The van der Waals surface area contributed by atoms with Gasteiger partial charge in [0, 0.05) is 27.4 Å². The van der Waals surface area contributed by atoms with Crippen molar-refractivity contribution in [2.24, 2.45) is 0 Å². The molecule has 0 bridgehead atoms. The smallest absolute Gasteiger partial charge is 0.255 e. The van der Waals surface area contributed by atoms with E-state index in [0.717, 1.165) is 5.56 Å². The summed E-state index contributed by atoms with van der Waals surface area (Å²) in [6.07, 6.45) is 0. The molecule has 124 valence electrons. The molecular weight excluding hydrogens is 334 g/mol. The molecule has 1 N–H and O–H groups in total. The van der Waals surface area contributed by atoms with Gasteiger partial charge in [0.1, 0.15) is 0 Å². The minimum atomic E-state index is -0.184. The number of hydrogen-bond donors (Lipinski definition) is 1. The molecule has 3 aromatic rings. The highest BCUT2D eigenvalue weighted by molar-refractivity contribution is 6.30. The van der Waals surface area contributed by atoms with E-state index in [2.05, 4.69) is 5.32 Å². The maximum atomic E-state index is 12.4. The van der Waals surface area contributed by atoms with Gasteiger partial charge in [0.05, 0.1) is 0 Å². The maximum absolute atomic E-state index is 12.4. The Bertz CT molecular complexity index is 898. The quantitative estimate of drug-likeness (QED) is 0.663. The van der Waals surface area contributed by atoms with Crippen LogP contribution in [0.5, 0.6) is 0 Å². The highest BCUT2D eigenvalue weighted by Gasteiger charge is 2.10. The van der Waals surface area contributed by atoms with Crippen LogP contribution in [0.2, 0.25) is 5.02 Å². The zero-order chi connectivity index (χ0) is 17.8. The van der Waals surface area contributed by atoms with Gasteiger partial charge in [-0.05, 0) is 67.6 Å². The number of aryl methyl sites for hydroxylation is 1. The van der Waals surface area contributed by atoms with Gasteiger partial charge < -0.3 is 5.32 Å². The highest BCUT2D eigenvalue weighted by Crippen LogP contribution is 2.17. The first-order valence-corrected chi connectivity index (χ1v) is 8.19. The Labute approximate surface area is 151 Å². The first-order chi connectivity index (χ1) is 12.0. The van der Waals surface area contributed by atoms with E-state index in [1.54, 1.807) is 60.7 Å². The Morgan fingerprint density at radius 3 is 1.76 bits per heavy atom. The fourth-order valence-corrected chi connectivity index (χ4v) is 2.51. The third-order valence-electron chi connectivity index (χ3n) is 3.83. The number of hydrogen-bond acceptors (Lipinski definition) is 2. The molecular formula is C21H16ClNO2. The maximum Gasteiger partial charge on any atom is 0.255 e. The monoisotopic (exact) mass is 349 g/mol. The summed E-state index contributed by atoms with van der Waals surface area (Å²) >= 11 is 5.84. The van der Waals surface area contributed by atoms with Gasteiger partial charge in [0.2, 0.25) is 0 Å². The van der Waals surface area contributed by atoms with Crippen molar-refractivity contribution in [3.63, 3.8) is 0 Å². The molecule has 0 heterocycles. The zero-order valence-electron chi connectivity index (χ0n) is 13.6. The van der Waals surface area contributed by atoms with E-state index in [1.807, 2.05) is 19.1 Å². The van der Waals surface area contributed by atoms with E-state index in [1.165, 1.54) is 0 Å². The van der Waals surface area contributed by atoms with Gasteiger partial charge in [-0.2, -0.15) is 0 Å². The second kappa shape index (κ2) is 7.32. The Kier molecular flexibility index (Phi) is 4.96. The van der Waals surface area contributed by atoms with E-state index < -0.39 is 0 Å². The largest absolute Gasteiger partial charge is 0.322 e. The van der Waals surface area contributed by atoms with E-state index in [4.69, 9.17) is 11.6 Å².